The number of carbonyl (C=O) groups is 1. The molecule has 0 spiro atoms. The molecule has 0 saturated heterocycles. The van der Waals surface area contributed by atoms with Crippen LogP contribution in [-0.2, 0) is 4.79 Å². The zero-order valence-corrected chi connectivity index (χ0v) is 10.6. The molecule has 1 rings (SSSR count). The second kappa shape index (κ2) is 6.46. The van der Waals surface area contributed by atoms with Gasteiger partial charge in [0.05, 0.1) is 11.3 Å². The van der Waals surface area contributed by atoms with Gasteiger partial charge in [-0.2, -0.15) is 11.8 Å². The number of carbonyl (C=O) groups excluding carboxylic acids is 1. The van der Waals surface area contributed by atoms with Crippen LogP contribution in [0.4, 0.5) is 5.69 Å². The number of esters is 1. The molecule has 0 aromatic heterocycles. The summed E-state index contributed by atoms with van der Waals surface area (Å²) >= 11 is 7.21. The lowest BCUT2D eigenvalue weighted by Crippen LogP contribution is -2.08. The van der Waals surface area contributed by atoms with Crippen LogP contribution >= 0.6 is 23.4 Å². The summed E-state index contributed by atoms with van der Waals surface area (Å²) in [6, 6.07) is 3.82. The fourth-order valence-corrected chi connectivity index (χ4v) is 1.68. The predicted octanol–water partition coefficient (Wildman–Crippen LogP) is 2.91. The Labute approximate surface area is 107 Å². The number of halogens is 1. The molecule has 92 valence electrons. The van der Waals surface area contributed by atoms with Crippen molar-refractivity contribution in [2.45, 2.75) is 6.42 Å². The highest BCUT2D eigenvalue weighted by Crippen LogP contribution is 2.28. The summed E-state index contributed by atoms with van der Waals surface area (Å²) in [4.78, 5) is 21.2. The molecule has 7 heteroatoms. The third kappa shape index (κ3) is 4.24. The minimum Gasteiger partial charge on any atom is -0.426 e. The van der Waals surface area contributed by atoms with E-state index in [4.69, 9.17) is 16.3 Å². The van der Waals surface area contributed by atoms with E-state index in [0.29, 0.717) is 5.75 Å². The first-order valence-electron chi connectivity index (χ1n) is 4.68. The van der Waals surface area contributed by atoms with Gasteiger partial charge in [-0.1, -0.05) is 11.6 Å². The van der Waals surface area contributed by atoms with Crippen molar-refractivity contribution in [2.75, 3.05) is 12.0 Å². The molecule has 5 nitrogen and oxygen atoms in total. The fraction of sp³-hybridized carbons (Fsp3) is 0.300. The van der Waals surface area contributed by atoms with Gasteiger partial charge in [0.2, 0.25) is 0 Å². The van der Waals surface area contributed by atoms with E-state index in [1.807, 2.05) is 6.26 Å². The molecule has 0 radical (unpaired) electrons. The Balaban J connectivity index is 2.70. The van der Waals surface area contributed by atoms with Crippen molar-refractivity contribution in [2.24, 2.45) is 0 Å². The van der Waals surface area contributed by atoms with Crippen molar-refractivity contribution in [1.82, 2.24) is 0 Å². The summed E-state index contributed by atoms with van der Waals surface area (Å²) in [6.07, 6.45) is 2.17. The van der Waals surface area contributed by atoms with E-state index in [-0.39, 0.29) is 28.8 Å². The van der Waals surface area contributed by atoms with Crippen LogP contribution in [0, 0.1) is 10.1 Å². The Morgan fingerprint density at radius 2 is 2.29 bits per heavy atom. The molecule has 0 aliphatic heterocycles. The highest BCUT2D eigenvalue weighted by Gasteiger charge is 2.13. The van der Waals surface area contributed by atoms with Gasteiger partial charge in [-0.15, -0.1) is 0 Å². The molecule has 0 unspecified atom stereocenters. The molecule has 0 saturated carbocycles. The zero-order chi connectivity index (χ0) is 12.8. The minimum atomic E-state index is -0.596. The first-order valence-corrected chi connectivity index (χ1v) is 6.45. The lowest BCUT2D eigenvalue weighted by molar-refractivity contribution is -0.384. The van der Waals surface area contributed by atoms with E-state index >= 15 is 0 Å². The van der Waals surface area contributed by atoms with Crippen LogP contribution in [0.3, 0.4) is 0 Å². The average molecular weight is 276 g/mol. The number of rotatable bonds is 5. The van der Waals surface area contributed by atoms with Gasteiger partial charge in [-0.3, -0.25) is 14.9 Å². The summed E-state index contributed by atoms with van der Waals surface area (Å²) in [7, 11) is 0. The number of nitro groups is 1. The zero-order valence-electron chi connectivity index (χ0n) is 9.01. The summed E-state index contributed by atoms with van der Waals surface area (Å²) in [5.74, 6) is 0.496. The standard InChI is InChI=1S/C10H10ClNO4S/c1-17-5-4-10(13)16-7-2-3-9(12(14)15)8(11)6-7/h2-3,6H,4-5H2,1H3. The fourth-order valence-electron chi connectivity index (χ4n) is 1.07. The molecule has 0 N–H and O–H groups in total. The van der Waals surface area contributed by atoms with Crippen molar-refractivity contribution < 1.29 is 14.5 Å². The number of ether oxygens (including phenoxy) is 1. The number of thioether (sulfide) groups is 1. The lowest BCUT2D eigenvalue weighted by Gasteiger charge is -2.04. The largest absolute Gasteiger partial charge is 0.426 e. The number of hydrogen-bond acceptors (Lipinski definition) is 5. The summed E-state index contributed by atoms with van der Waals surface area (Å²) < 4.78 is 4.97. The van der Waals surface area contributed by atoms with Crippen LogP contribution in [0.25, 0.3) is 0 Å². The maximum atomic E-state index is 11.3. The molecule has 1 aromatic rings. The SMILES string of the molecule is CSCCC(=O)Oc1ccc([N+](=O)[O-])c(Cl)c1. The van der Waals surface area contributed by atoms with Gasteiger partial charge in [-0.05, 0) is 12.3 Å². The molecule has 0 heterocycles. The van der Waals surface area contributed by atoms with Gasteiger partial charge in [-0.25, -0.2) is 0 Å². The van der Waals surface area contributed by atoms with E-state index < -0.39 is 4.92 Å². The number of nitrogens with zero attached hydrogens (tertiary/aromatic N) is 1. The highest BCUT2D eigenvalue weighted by atomic mass is 35.5. The Hall–Kier alpha value is -1.27. The predicted molar refractivity (Wildman–Crippen MR) is 66.7 cm³/mol. The summed E-state index contributed by atoms with van der Waals surface area (Å²) in [5.41, 5.74) is -0.212. The Kier molecular flexibility index (Phi) is 5.24. The molecule has 0 aliphatic carbocycles. The van der Waals surface area contributed by atoms with Gasteiger partial charge in [0.1, 0.15) is 10.8 Å². The monoisotopic (exact) mass is 275 g/mol. The number of nitro benzene ring substituents is 1. The normalized spacial score (nSPS) is 10.0. The molecule has 17 heavy (non-hydrogen) atoms. The van der Waals surface area contributed by atoms with Gasteiger partial charge in [0, 0.05) is 17.9 Å². The Morgan fingerprint density at radius 1 is 1.59 bits per heavy atom. The molecule has 0 atom stereocenters. The van der Waals surface area contributed by atoms with E-state index in [1.165, 1.54) is 30.0 Å². The highest BCUT2D eigenvalue weighted by molar-refractivity contribution is 7.98. The molecule has 0 fully saturated rings. The molecule has 0 aliphatic rings. The summed E-state index contributed by atoms with van der Waals surface area (Å²) in [6.45, 7) is 0. The molecule has 0 bridgehead atoms. The van der Waals surface area contributed by atoms with E-state index in [0.717, 1.165) is 0 Å². The lowest BCUT2D eigenvalue weighted by atomic mass is 10.3. The second-order valence-corrected chi connectivity index (χ2v) is 4.48. The maximum absolute atomic E-state index is 11.3. The van der Waals surface area contributed by atoms with Crippen LogP contribution in [0.2, 0.25) is 5.02 Å². The van der Waals surface area contributed by atoms with Crippen molar-refractivity contribution in [3.05, 3.63) is 33.3 Å². The quantitative estimate of drug-likeness (QED) is 0.358. The van der Waals surface area contributed by atoms with Crippen molar-refractivity contribution in [3.8, 4) is 5.75 Å². The first kappa shape index (κ1) is 13.8. The minimum absolute atomic E-state index is 0.0508. The first-order chi connectivity index (χ1) is 8.04. The topological polar surface area (TPSA) is 69.4 Å². The van der Waals surface area contributed by atoms with Crippen LogP contribution < -0.4 is 4.74 Å². The van der Waals surface area contributed by atoms with Crippen LogP contribution in [0.5, 0.6) is 5.75 Å². The van der Waals surface area contributed by atoms with Crippen LogP contribution in [0.15, 0.2) is 18.2 Å². The molecular weight excluding hydrogens is 266 g/mol. The van der Waals surface area contributed by atoms with Gasteiger partial charge in [0.15, 0.2) is 0 Å². The maximum Gasteiger partial charge on any atom is 0.312 e. The van der Waals surface area contributed by atoms with E-state index in [9.17, 15) is 14.9 Å². The van der Waals surface area contributed by atoms with E-state index in [2.05, 4.69) is 0 Å². The molecule has 0 amide bonds. The van der Waals surface area contributed by atoms with Crippen molar-refractivity contribution >= 4 is 35.0 Å². The van der Waals surface area contributed by atoms with Gasteiger partial charge >= 0.3 is 5.97 Å². The summed E-state index contributed by atoms with van der Waals surface area (Å²) in [5, 5.41) is 10.5. The van der Waals surface area contributed by atoms with Gasteiger partial charge in [0.25, 0.3) is 5.69 Å². The molecule has 1 aromatic carbocycles. The van der Waals surface area contributed by atoms with Gasteiger partial charge < -0.3 is 4.74 Å². The second-order valence-electron chi connectivity index (χ2n) is 3.09. The third-order valence-electron chi connectivity index (χ3n) is 1.86. The average Bonchev–Trinajstić information content (AvgIpc) is 2.26. The molecular formula is C10H10ClNO4S. The smallest absolute Gasteiger partial charge is 0.312 e. The number of benzene rings is 1. The van der Waals surface area contributed by atoms with Crippen LogP contribution in [0.1, 0.15) is 6.42 Å². The van der Waals surface area contributed by atoms with E-state index in [1.54, 1.807) is 0 Å². The third-order valence-corrected chi connectivity index (χ3v) is 2.77. The Morgan fingerprint density at radius 3 is 2.82 bits per heavy atom. The van der Waals surface area contributed by atoms with Crippen molar-refractivity contribution in [3.63, 3.8) is 0 Å². The van der Waals surface area contributed by atoms with Crippen LogP contribution in [-0.4, -0.2) is 22.9 Å². The Bertz CT molecular complexity index is 438. The van der Waals surface area contributed by atoms with Crippen molar-refractivity contribution in [1.29, 1.82) is 0 Å². The number of hydrogen-bond donors (Lipinski definition) is 0.